The second kappa shape index (κ2) is 15.9. The van der Waals surface area contributed by atoms with E-state index in [1.54, 1.807) is 0 Å². The fourth-order valence-corrected chi connectivity index (χ4v) is 5.82. The molecule has 9 heteroatoms. The van der Waals surface area contributed by atoms with Crippen LogP contribution in [0.2, 0.25) is 0 Å². The van der Waals surface area contributed by atoms with E-state index >= 15 is 0 Å². The molecule has 0 aliphatic heterocycles. The van der Waals surface area contributed by atoms with Gasteiger partial charge in [0.2, 0.25) is 0 Å². The van der Waals surface area contributed by atoms with Gasteiger partial charge in [0, 0.05) is 34.4 Å². The van der Waals surface area contributed by atoms with Gasteiger partial charge in [0.1, 0.15) is 17.6 Å². The summed E-state index contributed by atoms with van der Waals surface area (Å²) in [5.41, 5.74) is 7.80. The molecule has 35 heavy (non-hydrogen) atoms. The third-order valence-electron chi connectivity index (χ3n) is 5.82. The molecule has 3 N–H and O–H groups in total. The summed E-state index contributed by atoms with van der Waals surface area (Å²) in [4.78, 5) is 18.6. The number of aliphatic hydroxyl groups is 1. The van der Waals surface area contributed by atoms with Crippen LogP contribution in [0.4, 0.5) is 0 Å². The maximum Gasteiger partial charge on any atom is 0.168 e. The molecule has 0 saturated carbocycles. The number of alkyl halides is 1. The molecule has 0 amide bonds. The molecule has 3 atom stereocenters. The van der Waals surface area contributed by atoms with Crippen LogP contribution in [0.5, 0.6) is 5.75 Å². The van der Waals surface area contributed by atoms with E-state index in [1.807, 2.05) is 36.9 Å². The number of ketones is 1. The highest BCUT2D eigenvalue weighted by Crippen LogP contribution is 2.32. The SMILES string of the molecule is CCC/C(=N\OCC(CN)Oc1cc(Br)cc(CBr)c1)C1=C(O)CC(CCC(C)SCC)CC1=O. The van der Waals surface area contributed by atoms with Crippen LogP contribution in [0.25, 0.3) is 0 Å². The molecule has 2 rings (SSSR count). The number of ether oxygens (including phenoxy) is 1. The number of rotatable bonds is 15. The Bertz CT molecular complexity index is 894. The summed E-state index contributed by atoms with van der Waals surface area (Å²) in [6, 6.07) is 5.82. The number of nitrogens with two attached hydrogens (primary N) is 1. The van der Waals surface area contributed by atoms with Crippen LogP contribution >= 0.6 is 43.6 Å². The highest BCUT2D eigenvalue weighted by atomic mass is 79.9. The molecule has 1 aromatic carbocycles. The highest BCUT2D eigenvalue weighted by Gasteiger charge is 2.30. The van der Waals surface area contributed by atoms with Crippen LogP contribution in [0.3, 0.4) is 0 Å². The standard InChI is InChI=1S/C26H38Br2N2O4S/c1-4-6-23(26-24(31)11-18(12-25(26)32)8-7-17(3)35-5-2)30-33-16-22(15-29)34-21-10-19(14-27)9-20(28)13-21/h9-10,13,17-18,22,31H,4-8,11-12,14-16,29H2,1-3H3/b30-23+. The number of nitrogens with zero attached hydrogens (tertiary/aromatic N) is 1. The van der Waals surface area contributed by atoms with E-state index in [1.165, 1.54) is 0 Å². The fourth-order valence-electron chi connectivity index (χ4n) is 4.10. The van der Waals surface area contributed by atoms with E-state index in [4.69, 9.17) is 15.3 Å². The van der Waals surface area contributed by atoms with Gasteiger partial charge in [-0.1, -0.05) is 64.2 Å². The number of carbonyl (C=O) groups excluding carboxylic acids is 1. The van der Waals surface area contributed by atoms with E-state index < -0.39 is 6.10 Å². The van der Waals surface area contributed by atoms with Gasteiger partial charge in [0.15, 0.2) is 12.4 Å². The predicted octanol–water partition coefficient (Wildman–Crippen LogP) is 6.94. The molecule has 0 spiro atoms. The summed E-state index contributed by atoms with van der Waals surface area (Å²) in [5.74, 6) is 2.05. The normalized spacial score (nSPS) is 18.5. The Morgan fingerprint density at radius 3 is 2.71 bits per heavy atom. The minimum atomic E-state index is -0.406. The van der Waals surface area contributed by atoms with Crippen LogP contribution in [-0.4, -0.2) is 46.9 Å². The van der Waals surface area contributed by atoms with Crippen molar-refractivity contribution in [2.45, 2.75) is 76.0 Å². The van der Waals surface area contributed by atoms with Crippen molar-refractivity contribution in [3.05, 3.63) is 39.6 Å². The number of hydrogen-bond donors (Lipinski definition) is 2. The van der Waals surface area contributed by atoms with E-state index in [-0.39, 0.29) is 30.6 Å². The topological polar surface area (TPSA) is 94.1 Å². The van der Waals surface area contributed by atoms with Crippen molar-refractivity contribution in [3.63, 3.8) is 0 Å². The Morgan fingerprint density at radius 2 is 2.09 bits per heavy atom. The van der Waals surface area contributed by atoms with Gasteiger partial charge in [-0.3, -0.25) is 4.79 Å². The van der Waals surface area contributed by atoms with Gasteiger partial charge < -0.3 is 20.4 Å². The Hall–Kier alpha value is -1.03. The number of Topliss-reactive ketones (excluding diaryl/α,β-unsaturated/α-hetero) is 1. The molecule has 0 aromatic heterocycles. The molecule has 6 nitrogen and oxygen atoms in total. The lowest BCUT2D eigenvalue weighted by atomic mass is 9.82. The quantitative estimate of drug-likeness (QED) is 0.123. The van der Waals surface area contributed by atoms with Crippen molar-refractivity contribution in [2.75, 3.05) is 18.9 Å². The molecule has 1 aliphatic carbocycles. The molecule has 0 heterocycles. The predicted molar refractivity (Wildman–Crippen MR) is 153 cm³/mol. The summed E-state index contributed by atoms with van der Waals surface area (Å²) in [7, 11) is 0. The van der Waals surface area contributed by atoms with Crippen molar-refractivity contribution in [2.24, 2.45) is 16.8 Å². The number of halogens is 2. The summed E-state index contributed by atoms with van der Waals surface area (Å²) in [6.07, 6.45) is 3.87. The first kappa shape index (κ1) is 30.2. The van der Waals surface area contributed by atoms with Crippen molar-refractivity contribution in [1.29, 1.82) is 0 Å². The summed E-state index contributed by atoms with van der Waals surface area (Å²) < 4.78 is 6.91. The molecule has 3 unspecified atom stereocenters. The van der Waals surface area contributed by atoms with Crippen LogP contribution in [0.15, 0.2) is 39.2 Å². The van der Waals surface area contributed by atoms with Crippen LogP contribution < -0.4 is 10.5 Å². The molecule has 196 valence electrons. The zero-order valence-corrected chi connectivity index (χ0v) is 24.9. The van der Waals surface area contributed by atoms with E-state index in [9.17, 15) is 9.90 Å². The number of aliphatic hydroxyl groups excluding tert-OH is 1. The fraction of sp³-hybridized carbons (Fsp3) is 0.615. The van der Waals surface area contributed by atoms with E-state index in [0.717, 1.165) is 35.1 Å². The number of benzene rings is 1. The van der Waals surface area contributed by atoms with Gasteiger partial charge in [-0.2, -0.15) is 11.8 Å². The van der Waals surface area contributed by atoms with Crippen LogP contribution in [0.1, 0.15) is 64.9 Å². The lowest BCUT2D eigenvalue weighted by Gasteiger charge is -2.25. The minimum absolute atomic E-state index is 0.0478. The number of allylic oxidation sites excluding steroid dienone is 2. The van der Waals surface area contributed by atoms with Gasteiger partial charge in [-0.25, -0.2) is 0 Å². The van der Waals surface area contributed by atoms with Gasteiger partial charge in [0.25, 0.3) is 0 Å². The number of hydrogen-bond acceptors (Lipinski definition) is 7. The Morgan fingerprint density at radius 1 is 1.31 bits per heavy atom. The lowest BCUT2D eigenvalue weighted by Crippen LogP contribution is -2.31. The number of oxime groups is 1. The molecular weight excluding hydrogens is 596 g/mol. The summed E-state index contributed by atoms with van der Waals surface area (Å²) in [5, 5.41) is 16.3. The third kappa shape index (κ3) is 10.1. The maximum atomic E-state index is 13.0. The zero-order valence-electron chi connectivity index (χ0n) is 20.9. The molecule has 0 fully saturated rings. The molecular formula is C26H38Br2N2O4S. The number of thioether (sulfide) groups is 1. The third-order valence-corrected chi connectivity index (χ3v) is 8.06. The van der Waals surface area contributed by atoms with Crippen LogP contribution in [-0.2, 0) is 15.0 Å². The van der Waals surface area contributed by atoms with Gasteiger partial charge in [0.05, 0.1) is 11.3 Å². The molecule has 1 aromatic rings. The average Bonchev–Trinajstić information content (AvgIpc) is 2.81. The largest absolute Gasteiger partial charge is 0.511 e. The van der Waals surface area contributed by atoms with Gasteiger partial charge in [-0.15, -0.1) is 0 Å². The maximum absolute atomic E-state index is 13.0. The van der Waals surface area contributed by atoms with Gasteiger partial charge >= 0.3 is 0 Å². The zero-order chi connectivity index (χ0) is 25.8. The van der Waals surface area contributed by atoms with E-state index in [0.29, 0.717) is 46.9 Å². The Balaban J connectivity index is 2.04. The first-order valence-electron chi connectivity index (χ1n) is 12.3. The Labute approximate surface area is 230 Å². The lowest BCUT2D eigenvalue weighted by molar-refractivity contribution is -0.116. The molecule has 1 aliphatic rings. The smallest absolute Gasteiger partial charge is 0.168 e. The van der Waals surface area contributed by atoms with Crippen LogP contribution in [0, 0.1) is 5.92 Å². The molecule has 0 saturated heterocycles. The molecule has 0 radical (unpaired) electrons. The van der Waals surface area contributed by atoms with Crippen molar-refractivity contribution in [3.8, 4) is 5.75 Å². The highest BCUT2D eigenvalue weighted by molar-refractivity contribution is 9.10. The second-order valence-corrected chi connectivity index (χ2v) is 12.0. The second-order valence-electron chi connectivity index (χ2n) is 8.85. The van der Waals surface area contributed by atoms with Crippen molar-refractivity contribution in [1.82, 2.24) is 0 Å². The van der Waals surface area contributed by atoms with Gasteiger partial charge in [-0.05, 0) is 54.7 Å². The first-order valence-corrected chi connectivity index (χ1v) is 15.3. The van der Waals surface area contributed by atoms with Crippen molar-refractivity contribution >= 4 is 55.1 Å². The summed E-state index contributed by atoms with van der Waals surface area (Å²) in [6.45, 7) is 6.77. The van der Waals surface area contributed by atoms with Crippen molar-refractivity contribution < 1.29 is 19.5 Å². The first-order chi connectivity index (χ1) is 16.8. The average molecular weight is 634 g/mol. The number of carbonyl (C=O) groups is 1. The molecule has 0 bridgehead atoms. The minimum Gasteiger partial charge on any atom is -0.511 e. The monoisotopic (exact) mass is 632 g/mol. The summed E-state index contributed by atoms with van der Waals surface area (Å²) >= 11 is 8.88. The Kier molecular flexibility index (Phi) is 13.8. The van der Waals surface area contributed by atoms with E-state index in [2.05, 4.69) is 50.9 Å².